The highest BCUT2D eigenvalue weighted by molar-refractivity contribution is 9.10. The summed E-state index contributed by atoms with van der Waals surface area (Å²) in [6, 6.07) is 20.8. The van der Waals surface area contributed by atoms with Gasteiger partial charge in [-0.3, -0.25) is 10.2 Å². The second-order valence-corrected chi connectivity index (χ2v) is 10.2. The van der Waals surface area contributed by atoms with E-state index in [2.05, 4.69) is 26.0 Å². The van der Waals surface area contributed by atoms with E-state index in [1.165, 1.54) is 16.8 Å². The van der Waals surface area contributed by atoms with Crippen molar-refractivity contribution < 1.29 is 19.0 Å². The lowest BCUT2D eigenvalue weighted by Crippen LogP contribution is -2.35. The maximum Gasteiger partial charge on any atom is 0.283 e. The average Bonchev–Trinajstić information content (AvgIpc) is 3.35. The molecule has 8 nitrogen and oxygen atoms in total. The van der Waals surface area contributed by atoms with Crippen molar-refractivity contribution in [3.8, 4) is 17.2 Å². The Morgan fingerprint density at radius 2 is 1.74 bits per heavy atom. The van der Waals surface area contributed by atoms with Crippen LogP contribution in [0.4, 0.5) is 0 Å². The molecule has 0 saturated carbocycles. The molecule has 1 amide bonds. The van der Waals surface area contributed by atoms with E-state index in [1.807, 2.05) is 55.5 Å². The van der Waals surface area contributed by atoms with Gasteiger partial charge in [0.1, 0.15) is 24.0 Å². The van der Waals surface area contributed by atoms with Gasteiger partial charge in [-0.25, -0.2) is 0 Å². The molecule has 0 atom stereocenters. The molecule has 0 saturated heterocycles. The van der Waals surface area contributed by atoms with Crippen LogP contribution in [-0.2, 0) is 4.79 Å². The average molecular weight is 591 g/mol. The Morgan fingerprint density at radius 1 is 1.00 bits per heavy atom. The van der Waals surface area contributed by atoms with Crippen LogP contribution in [-0.4, -0.2) is 47.3 Å². The number of amidine groups is 2. The van der Waals surface area contributed by atoms with Crippen molar-refractivity contribution in [1.82, 2.24) is 5.01 Å². The molecule has 2 heterocycles. The van der Waals surface area contributed by atoms with Gasteiger partial charge in [0.15, 0.2) is 17.3 Å². The second kappa shape index (κ2) is 11.2. The number of hydrogen-bond acceptors (Lipinski definition) is 7. The zero-order chi connectivity index (χ0) is 26.6. The molecule has 0 aromatic heterocycles. The van der Waals surface area contributed by atoms with Crippen molar-refractivity contribution in [3.63, 3.8) is 0 Å². The van der Waals surface area contributed by atoms with Crippen molar-refractivity contribution in [2.24, 2.45) is 10.1 Å². The zero-order valence-electron chi connectivity index (χ0n) is 20.6. The lowest BCUT2D eigenvalue weighted by atomic mass is 10.1. The van der Waals surface area contributed by atoms with Gasteiger partial charge in [-0.1, -0.05) is 51.8 Å². The molecule has 0 aliphatic carbocycles. The third-order valence-electron chi connectivity index (χ3n) is 5.67. The Bertz CT molecular complexity index is 1480. The van der Waals surface area contributed by atoms with Gasteiger partial charge in [0, 0.05) is 10.0 Å². The van der Waals surface area contributed by atoms with Gasteiger partial charge >= 0.3 is 0 Å². The van der Waals surface area contributed by atoms with E-state index in [0.29, 0.717) is 40.5 Å². The second-order valence-electron chi connectivity index (χ2n) is 8.35. The van der Waals surface area contributed by atoms with E-state index in [4.69, 9.17) is 19.6 Å². The summed E-state index contributed by atoms with van der Waals surface area (Å²) < 4.78 is 18.0. The van der Waals surface area contributed by atoms with Gasteiger partial charge in [-0.05, 0) is 66.7 Å². The SMILES string of the molecule is COc1cc(/C=C2/C(=N)N3N=C(c4ccc(C)cc4)SC3=NC2=O)ccc1OCCOc1ccc(Br)cc1. The van der Waals surface area contributed by atoms with Crippen LogP contribution in [0.25, 0.3) is 6.08 Å². The van der Waals surface area contributed by atoms with Gasteiger partial charge in [0.05, 0.1) is 12.7 Å². The Morgan fingerprint density at radius 3 is 2.47 bits per heavy atom. The number of benzene rings is 3. The fourth-order valence-corrected chi connectivity index (χ4v) is 4.87. The normalized spacial score (nSPS) is 15.8. The minimum absolute atomic E-state index is 0.0287. The molecule has 0 radical (unpaired) electrons. The molecular formula is C28H23BrN4O4S. The first-order valence-electron chi connectivity index (χ1n) is 11.7. The number of rotatable bonds is 8. The predicted molar refractivity (Wildman–Crippen MR) is 153 cm³/mol. The molecule has 5 rings (SSSR count). The van der Waals surface area contributed by atoms with Crippen molar-refractivity contribution in [3.05, 3.63) is 93.5 Å². The molecule has 2 aliphatic heterocycles. The summed E-state index contributed by atoms with van der Waals surface area (Å²) in [6.07, 6.45) is 1.61. The van der Waals surface area contributed by atoms with Crippen molar-refractivity contribution in [1.29, 1.82) is 5.41 Å². The van der Waals surface area contributed by atoms with E-state index < -0.39 is 5.91 Å². The quantitative estimate of drug-likeness (QED) is 0.259. The Labute approximate surface area is 232 Å². The number of amides is 1. The van der Waals surface area contributed by atoms with Crippen LogP contribution in [0.1, 0.15) is 16.7 Å². The predicted octanol–water partition coefficient (Wildman–Crippen LogP) is 5.89. The first-order valence-corrected chi connectivity index (χ1v) is 13.3. The number of halogens is 1. The number of methoxy groups -OCH3 is 1. The number of nitrogens with zero attached hydrogens (tertiary/aromatic N) is 3. The fourth-order valence-electron chi connectivity index (χ4n) is 3.71. The van der Waals surface area contributed by atoms with Crippen LogP contribution in [0.2, 0.25) is 0 Å². The van der Waals surface area contributed by atoms with Crippen molar-refractivity contribution in [2.45, 2.75) is 6.92 Å². The van der Waals surface area contributed by atoms with Gasteiger partial charge in [0.25, 0.3) is 5.91 Å². The Hall–Kier alpha value is -3.89. The summed E-state index contributed by atoms with van der Waals surface area (Å²) >= 11 is 4.67. The van der Waals surface area contributed by atoms with Gasteiger partial charge < -0.3 is 14.2 Å². The van der Waals surface area contributed by atoms with Gasteiger partial charge in [-0.2, -0.15) is 15.1 Å². The monoisotopic (exact) mass is 590 g/mol. The number of hydrogen-bond donors (Lipinski definition) is 1. The minimum atomic E-state index is -0.488. The van der Waals surface area contributed by atoms with Crippen LogP contribution >= 0.6 is 27.7 Å². The van der Waals surface area contributed by atoms with Crippen molar-refractivity contribution in [2.75, 3.05) is 20.3 Å². The highest BCUT2D eigenvalue weighted by Gasteiger charge is 2.36. The summed E-state index contributed by atoms with van der Waals surface area (Å²) in [5.74, 6) is 1.28. The number of nitrogens with one attached hydrogen (secondary N) is 1. The summed E-state index contributed by atoms with van der Waals surface area (Å²) in [7, 11) is 1.55. The van der Waals surface area contributed by atoms with Crippen LogP contribution < -0.4 is 14.2 Å². The maximum atomic E-state index is 12.8. The molecule has 3 aromatic rings. The van der Waals surface area contributed by atoms with Crippen LogP contribution in [0.5, 0.6) is 17.2 Å². The number of carbonyl (C=O) groups is 1. The molecule has 0 fully saturated rings. The van der Waals surface area contributed by atoms with E-state index >= 15 is 0 Å². The number of hydrazone groups is 1. The van der Waals surface area contributed by atoms with Crippen LogP contribution in [0.3, 0.4) is 0 Å². The number of aliphatic imine (C=N–C) groups is 1. The van der Waals surface area contributed by atoms with Crippen LogP contribution in [0.15, 0.2) is 86.9 Å². The standard InChI is InChI=1S/C28H23BrN4O4S/c1-17-3-6-19(7-4-17)27-32-33-25(30)22(26(34)31-28(33)38-27)15-18-5-12-23(24(16-18)35-2)37-14-13-36-21-10-8-20(29)9-11-21/h3-12,15-16,30H,13-14H2,1-2H3/b22-15-,30-25?. The van der Waals surface area contributed by atoms with E-state index in [9.17, 15) is 4.79 Å². The Kier molecular flexibility index (Phi) is 7.62. The molecule has 0 unspecified atom stereocenters. The van der Waals surface area contributed by atoms with Gasteiger partial charge in [-0.15, -0.1) is 0 Å². The number of fused-ring (bicyclic) bond motifs is 1. The third kappa shape index (κ3) is 5.66. The number of aryl methyl sites for hydroxylation is 1. The largest absolute Gasteiger partial charge is 0.493 e. The number of carbonyl (C=O) groups excluding carboxylic acids is 1. The zero-order valence-corrected chi connectivity index (χ0v) is 23.0. The number of thioether (sulfide) groups is 1. The molecule has 0 spiro atoms. The van der Waals surface area contributed by atoms with E-state index in [1.54, 1.807) is 31.4 Å². The molecule has 10 heteroatoms. The fraction of sp³-hybridized carbons (Fsp3) is 0.143. The lowest BCUT2D eigenvalue weighted by molar-refractivity contribution is -0.114. The van der Waals surface area contributed by atoms with E-state index in [-0.39, 0.29) is 11.4 Å². The molecular weight excluding hydrogens is 568 g/mol. The summed E-state index contributed by atoms with van der Waals surface area (Å²) in [6.45, 7) is 2.70. The first-order chi connectivity index (χ1) is 18.4. The molecule has 38 heavy (non-hydrogen) atoms. The summed E-state index contributed by atoms with van der Waals surface area (Å²) in [4.78, 5) is 17.0. The Balaban J connectivity index is 1.28. The molecule has 1 N–H and O–H groups in total. The molecule has 192 valence electrons. The van der Waals surface area contributed by atoms with Crippen LogP contribution in [0, 0.1) is 12.3 Å². The lowest BCUT2D eigenvalue weighted by Gasteiger charge is -2.20. The smallest absolute Gasteiger partial charge is 0.283 e. The molecule has 3 aromatic carbocycles. The van der Waals surface area contributed by atoms with Crippen molar-refractivity contribution >= 4 is 55.7 Å². The summed E-state index contributed by atoms with van der Waals surface area (Å²) in [5.41, 5.74) is 2.86. The molecule has 0 bridgehead atoms. The van der Waals surface area contributed by atoms with Gasteiger partial charge in [0.2, 0.25) is 5.17 Å². The van der Waals surface area contributed by atoms with E-state index in [0.717, 1.165) is 21.3 Å². The summed E-state index contributed by atoms with van der Waals surface area (Å²) in [5, 5.41) is 15.6. The maximum absolute atomic E-state index is 12.8. The highest BCUT2D eigenvalue weighted by atomic mass is 79.9. The first kappa shape index (κ1) is 25.7. The number of ether oxygens (including phenoxy) is 3. The third-order valence-corrected chi connectivity index (χ3v) is 7.16. The molecule has 2 aliphatic rings. The highest BCUT2D eigenvalue weighted by Crippen LogP contribution is 2.33. The minimum Gasteiger partial charge on any atom is -0.493 e. The topological polar surface area (TPSA) is 96.6 Å².